The lowest BCUT2D eigenvalue weighted by Gasteiger charge is -2.30. The Hall–Kier alpha value is -6.06. The second-order valence-corrected chi connectivity index (χ2v) is 13.4. The highest BCUT2D eigenvalue weighted by atomic mass is 16.5. The van der Waals surface area contributed by atoms with E-state index < -0.39 is 30.1 Å². The molecule has 1 fully saturated rings. The van der Waals surface area contributed by atoms with Crippen LogP contribution in [0.3, 0.4) is 0 Å². The normalized spacial score (nSPS) is 22.3. The van der Waals surface area contributed by atoms with Crippen LogP contribution in [-0.4, -0.2) is 41.8 Å². The van der Waals surface area contributed by atoms with Crippen molar-refractivity contribution in [1.82, 2.24) is 0 Å². The number of aliphatic hydroxyl groups is 1. The van der Waals surface area contributed by atoms with Crippen LogP contribution >= 0.6 is 0 Å². The summed E-state index contributed by atoms with van der Waals surface area (Å²) in [5.41, 5.74) is 6.40. The Labute approximate surface area is 293 Å². The third kappa shape index (κ3) is 6.06. The average Bonchev–Trinajstić information content (AvgIpc) is 3.67. The maximum absolute atomic E-state index is 11.4. The molecule has 51 heavy (non-hydrogen) atoms. The van der Waals surface area contributed by atoms with Crippen molar-refractivity contribution < 1.29 is 45.2 Å². The zero-order valence-corrected chi connectivity index (χ0v) is 27.3. The molecule has 8 rings (SSSR count). The molecule has 5 aromatic carbocycles. The summed E-state index contributed by atoms with van der Waals surface area (Å²) in [5.74, 6) is -0.258. The molecular formula is C42H36O9. The number of hydrogen-bond donors (Lipinski definition) is 7. The molecule has 5 aromatic rings. The largest absolute Gasteiger partial charge is 0.512 e. The minimum atomic E-state index is -0.633. The Morgan fingerprint density at radius 3 is 1.73 bits per heavy atom. The first-order valence-electron chi connectivity index (χ1n) is 16.8. The smallest absolute Gasteiger partial charge is 0.135 e. The van der Waals surface area contributed by atoms with E-state index in [-0.39, 0.29) is 46.7 Å². The van der Waals surface area contributed by atoms with Gasteiger partial charge in [-0.3, -0.25) is 0 Å². The van der Waals surface area contributed by atoms with E-state index >= 15 is 0 Å². The van der Waals surface area contributed by atoms with Gasteiger partial charge in [0.15, 0.2) is 0 Å². The molecule has 0 amide bonds. The molecule has 2 heterocycles. The summed E-state index contributed by atoms with van der Waals surface area (Å²) in [4.78, 5) is 0. The molecule has 1 aliphatic carbocycles. The first kappa shape index (κ1) is 32.2. The Kier molecular flexibility index (Phi) is 8.00. The van der Waals surface area contributed by atoms with Crippen LogP contribution in [0.1, 0.15) is 63.8 Å². The van der Waals surface area contributed by atoms with Gasteiger partial charge in [0.05, 0.1) is 23.9 Å². The number of rotatable bonds is 7. The lowest BCUT2D eigenvalue weighted by Crippen LogP contribution is -2.22. The number of aryl methyl sites for hydroxylation is 2. The average molecular weight is 685 g/mol. The molecular weight excluding hydrogens is 648 g/mol. The van der Waals surface area contributed by atoms with E-state index in [4.69, 9.17) is 9.47 Å². The Bertz CT molecular complexity index is 2150. The molecule has 9 heteroatoms. The third-order valence-electron chi connectivity index (χ3n) is 10.1. The van der Waals surface area contributed by atoms with Gasteiger partial charge in [-0.2, -0.15) is 0 Å². The maximum atomic E-state index is 11.4. The zero-order chi connectivity index (χ0) is 35.4. The number of hydrogen-bond acceptors (Lipinski definition) is 9. The molecule has 0 saturated carbocycles. The second-order valence-electron chi connectivity index (χ2n) is 13.4. The molecule has 7 N–H and O–H groups in total. The van der Waals surface area contributed by atoms with Gasteiger partial charge >= 0.3 is 0 Å². The lowest BCUT2D eigenvalue weighted by atomic mass is 9.72. The summed E-state index contributed by atoms with van der Waals surface area (Å²) >= 11 is 0. The van der Waals surface area contributed by atoms with Crippen LogP contribution < -0.4 is 4.74 Å². The van der Waals surface area contributed by atoms with E-state index in [1.54, 1.807) is 91.0 Å². The van der Waals surface area contributed by atoms with Gasteiger partial charge in [0.2, 0.25) is 0 Å². The van der Waals surface area contributed by atoms with Crippen molar-refractivity contribution in [3.63, 3.8) is 0 Å². The number of fused-ring (bicyclic) bond motifs is 2. The number of phenols is 6. The highest BCUT2D eigenvalue weighted by Gasteiger charge is 2.49. The summed E-state index contributed by atoms with van der Waals surface area (Å²) < 4.78 is 13.5. The predicted molar refractivity (Wildman–Crippen MR) is 188 cm³/mol. The monoisotopic (exact) mass is 684 g/mol. The van der Waals surface area contributed by atoms with Gasteiger partial charge in [0.1, 0.15) is 46.4 Å². The van der Waals surface area contributed by atoms with Crippen molar-refractivity contribution in [3.05, 3.63) is 159 Å². The van der Waals surface area contributed by atoms with Crippen molar-refractivity contribution in [2.75, 3.05) is 0 Å². The predicted octanol–water partition coefficient (Wildman–Crippen LogP) is 7.99. The molecule has 3 aliphatic rings. The fourth-order valence-electron chi connectivity index (χ4n) is 7.95. The standard InChI is InChI=1S/C42H36O9/c43-27-9-2-22(3-10-27)1-4-25-15-32(48)20-35-37(25)40(42(50-35)24-7-13-29(45)14-8-24)34-19-33(49)21-36-39(34)38(26-16-30(46)18-31(47)17-26)41(51-36)23-5-11-28(44)12-6-23/h2-3,5-20,36,38,40-49H,1,4,21H2/t36?,38-,40?,41+,42-/m1/s1. The van der Waals surface area contributed by atoms with Gasteiger partial charge in [-0.25, -0.2) is 0 Å². The first-order valence-corrected chi connectivity index (χ1v) is 16.8. The van der Waals surface area contributed by atoms with Crippen LogP contribution in [-0.2, 0) is 17.6 Å². The van der Waals surface area contributed by atoms with Gasteiger partial charge in [-0.1, -0.05) is 36.4 Å². The lowest BCUT2D eigenvalue weighted by molar-refractivity contribution is 0.0408. The molecule has 0 aromatic heterocycles. The van der Waals surface area contributed by atoms with Crippen LogP contribution in [0.25, 0.3) is 0 Å². The SMILES string of the molecule is OC1=CC(C2c3c(CCc4ccc(O)cc4)cc(O)cc3O[C@@H]2c2ccc(O)cc2)=C2C(C1)O[C@@H](c1ccc(O)cc1)[C@@H]2c1cc(O)cc(O)c1. The van der Waals surface area contributed by atoms with Crippen molar-refractivity contribution in [3.8, 4) is 40.2 Å². The highest BCUT2D eigenvalue weighted by Crippen LogP contribution is 2.60. The van der Waals surface area contributed by atoms with Crippen LogP contribution in [0.2, 0.25) is 0 Å². The van der Waals surface area contributed by atoms with Gasteiger partial charge in [0.25, 0.3) is 0 Å². The number of ether oxygens (including phenoxy) is 2. The fraction of sp³-hybridized carbons (Fsp3) is 0.190. The number of phenolic OH excluding ortho intramolecular Hbond substituents is 6. The van der Waals surface area contributed by atoms with Crippen molar-refractivity contribution in [2.24, 2.45) is 0 Å². The molecule has 0 radical (unpaired) electrons. The summed E-state index contributed by atoms with van der Waals surface area (Å²) in [7, 11) is 0. The molecule has 2 aliphatic heterocycles. The van der Waals surface area contributed by atoms with Crippen molar-refractivity contribution in [1.29, 1.82) is 0 Å². The number of benzene rings is 5. The van der Waals surface area contributed by atoms with Crippen molar-refractivity contribution in [2.45, 2.75) is 49.4 Å². The van der Waals surface area contributed by atoms with Gasteiger partial charge in [0, 0.05) is 30.0 Å². The topological polar surface area (TPSA) is 160 Å². The van der Waals surface area contributed by atoms with E-state index in [0.717, 1.165) is 39.0 Å². The molecule has 258 valence electrons. The molecule has 0 spiro atoms. The van der Waals surface area contributed by atoms with Crippen molar-refractivity contribution >= 4 is 0 Å². The van der Waals surface area contributed by atoms with Crippen LogP contribution in [0.5, 0.6) is 40.2 Å². The van der Waals surface area contributed by atoms with Crippen LogP contribution in [0, 0.1) is 0 Å². The summed E-state index contributed by atoms with van der Waals surface area (Å²) in [5, 5.41) is 73.7. The third-order valence-corrected chi connectivity index (χ3v) is 10.1. The number of aliphatic hydroxyl groups excluding tert-OH is 1. The minimum absolute atomic E-state index is 0.0434. The van der Waals surface area contributed by atoms with E-state index in [1.165, 1.54) is 6.07 Å². The number of allylic oxidation sites excluding steroid dienone is 1. The van der Waals surface area contributed by atoms with Crippen LogP contribution in [0.4, 0.5) is 0 Å². The Balaban J connectivity index is 1.34. The van der Waals surface area contributed by atoms with Gasteiger partial charge in [-0.05, 0) is 112 Å². The maximum Gasteiger partial charge on any atom is 0.135 e. The molecule has 0 bridgehead atoms. The van der Waals surface area contributed by atoms with E-state index in [0.29, 0.717) is 24.2 Å². The second kappa shape index (κ2) is 12.7. The van der Waals surface area contributed by atoms with Crippen LogP contribution in [0.15, 0.2) is 126 Å². The first-order chi connectivity index (χ1) is 24.6. The molecule has 1 saturated heterocycles. The van der Waals surface area contributed by atoms with Gasteiger partial charge in [-0.15, -0.1) is 0 Å². The zero-order valence-electron chi connectivity index (χ0n) is 27.3. The van der Waals surface area contributed by atoms with E-state index in [2.05, 4.69) is 0 Å². The summed E-state index contributed by atoms with van der Waals surface area (Å²) in [6, 6.07) is 28.3. The highest BCUT2D eigenvalue weighted by molar-refractivity contribution is 5.61. The molecule has 2 unspecified atom stereocenters. The van der Waals surface area contributed by atoms with E-state index in [9.17, 15) is 35.7 Å². The number of aromatic hydroxyl groups is 6. The quantitative estimate of drug-likeness (QED) is 0.0902. The molecule has 9 nitrogen and oxygen atoms in total. The Morgan fingerprint density at radius 1 is 0.529 bits per heavy atom. The summed E-state index contributed by atoms with van der Waals surface area (Å²) in [6.07, 6.45) is 1.27. The van der Waals surface area contributed by atoms with E-state index in [1.807, 2.05) is 12.1 Å². The minimum Gasteiger partial charge on any atom is -0.512 e. The fourth-order valence-corrected chi connectivity index (χ4v) is 7.95. The Morgan fingerprint density at radius 2 is 1.10 bits per heavy atom. The summed E-state index contributed by atoms with van der Waals surface area (Å²) in [6.45, 7) is 0. The van der Waals surface area contributed by atoms with Gasteiger partial charge < -0.3 is 45.2 Å². The molecule has 5 atom stereocenters.